The van der Waals surface area contributed by atoms with E-state index in [9.17, 15) is 14.4 Å². The minimum Gasteiger partial charge on any atom is -0.353 e. The summed E-state index contributed by atoms with van der Waals surface area (Å²) in [6, 6.07) is 15.8. The first-order valence-electron chi connectivity index (χ1n) is 12.1. The monoisotopic (exact) mass is 478 g/mol. The topological polar surface area (TPSA) is 82.2 Å². The van der Waals surface area contributed by atoms with E-state index in [-0.39, 0.29) is 24.3 Å². The lowest BCUT2D eigenvalue weighted by atomic mass is 9.95. The van der Waals surface area contributed by atoms with Crippen LogP contribution >= 0.6 is 0 Å². The Hall–Kier alpha value is -3.23. The number of hydrogen-bond acceptors (Lipinski definition) is 5. The smallest absolute Gasteiger partial charge is 0.256 e. The van der Waals surface area contributed by atoms with Crippen LogP contribution in [0.3, 0.4) is 0 Å². The molecule has 1 unspecified atom stereocenters. The standard InChI is InChI=1S/C27H34N4O4/c1-20-9-7-8-12-22(20)26(34)30-16-13-27(14-17-30)31(25(33)21-10-5-4-6-11-21)23(19-35-27)24(32)28-15-18-29(2)3/h4-12,23H,13-19H2,1-3H3,(H,28,32). The van der Waals surface area contributed by atoms with Gasteiger partial charge >= 0.3 is 0 Å². The second-order valence-electron chi connectivity index (χ2n) is 9.52. The predicted octanol–water partition coefficient (Wildman–Crippen LogP) is 2.15. The van der Waals surface area contributed by atoms with E-state index >= 15 is 0 Å². The zero-order valence-corrected chi connectivity index (χ0v) is 20.7. The van der Waals surface area contributed by atoms with E-state index in [1.807, 2.05) is 73.3 Å². The van der Waals surface area contributed by atoms with Crippen molar-refractivity contribution in [3.63, 3.8) is 0 Å². The summed E-state index contributed by atoms with van der Waals surface area (Å²) in [5.41, 5.74) is 1.22. The first-order valence-corrected chi connectivity index (χ1v) is 12.1. The summed E-state index contributed by atoms with van der Waals surface area (Å²) in [6.45, 7) is 4.15. The number of piperidine rings is 1. The van der Waals surface area contributed by atoms with Gasteiger partial charge in [-0.3, -0.25) is 19.3 Å². The summed E-state index contributed by atoms with van der Waals surface area (Å²) < 4.78 is 6.25. The van der Waals surface area contributed by atoms with Crippen LogP contribution in [-0.2, 0) is 9.53 Å². The average molecular weight is 479 g/mol. The van der Waals surface area contributed by atoms with Gasteiger partial charge in [0.05, 0.1) is 6.61 Å². The maximum Gasteiger partial charge on any atom is 0.256 e. The number of rotatable bonds is 6. The molecule has 2 aliphatic heterocycles. The van der Waals surface area contributed by atoms with Gasteiger partial charge in [0.25, 0.3) is 11.8 Å². The van der Waals surface area contributed by atoms with Crippen molar-refractivity contribution in [2.75, 3.05) is 46.9 Å². The molecule has 1 spiro atoms. The lowest BCUT2D eigenvalue weighted by molar-refractivity contribution is -0.128. The number of likely N-dealkylation sites (tertiary alicyclic amines) is 1. The van der Waals surface area contributed by atoms with Gasteiger partial charge in [-0.1, -0.05) is 36.4 Å². The number of hydrogen-bond donors (Lipinski definition) is 1. The van der Waals surface area contributed by atoms with Crippen molar-refractivity contribution in [2.24, 2.45) is 0 Å². The molecular formula is C27H34N4O4. The van der Waals surface area contributed by atoms with Crippen LogP contribution in [0.2, 0.25) is 0 Å². The van der Waals surface area contributed by atoms with E-state index < -0.39 is 11.8 Å². The molecule has 0 aliphatic carbocycles. The van der Waals surface area contributed by atoms with Crippen LogP contribution in [0.4, 0.5) is 0 Å². The number of ether oxygens (including phenoxy) is 1. The number of aryl methyl sites for hydroxylation is 1. The molecule has 35 heavy (non-hydrogen) atoms. The molecule has 186 valence electrons. The number of likely N-dealkylation sites (N-methyl/N-ethyl adjacent to an activating group) is 1. The van der Waals surface area contributed by atoms with Crippen molar-refractivity contribution < 1.29 is 19.1 Å². The molecule has 2 fully saturated rings. The quantitative estimate of drug-likeness (QED) is 0.688. The lowest BCUT2D eigenvalue weighted by Gasteiger charge is -2.44. The Morgan fingerprint density at radius 2 is 1.66 bits per heavy atom. The van der Waals surface area contributed by atoms with Crippen molar-refractivity contribution in [1.82, 2.24) is 20.0 Å². The first-order chi connectivity index (χ1) is 16.8. The Morgan fingerprint density at radius 1 is 1.00 bits per heavy atom. The Bertz CT molecular complexity index is 1060. The molecule has 8 heteroatoms. The van der Waals surface area contributed by atoms with Gasteiger partial charge < -0.3 is 19.9 Å². The minimum atomic E-state index is -0.918. The molecule has 8 nitrogen and oxygen atoms in total. The van der Waals surface area contributed by atoms with Gasteiger partial charge in [0.1, 0.15) is 11.8 Å². The number of benzene rings is 2. The molecule has 2 aromatic rings. The van der Waals surface area contributed by atoms with Gasteiger partial charge in [-0.25, -0.2) is 0 Å². The van der Waals surface area contributed by atoms with Crippen molar-refractivity contribution in [2.45, 2.75) is 31.5 Å². The predicted molar refractivity (Wildman–Crippen MR) is 133 cm³/mol. The first kappa shape index (κ1) is 24.9. The van der Waals surface area contributed by atoms with Crippen LogP contribution < -0.4 is 5.32 Å². The zero-order valence-electron chi connectivity index (χ0n) is 20.7. The van der Waals surface area contributed by atoms with Crippen LogP contribution in [0.5, 0.6) is 0 Å². The van der Waals surface area contributed by atoms with Crippen LogP contribution in [0.1, 0.15) is 39.1 Å². The van der Waals surface area contributed by atoms with Gasteiger partial charge in [-0.2, -0.15) is 0 Å². The fourth-order valence-electron chi connectivity index (χ4n) is 4.85. The minimum absolute atomic E-state index is 0.0186. The normalized spacial score (nSPS) is 19.3. The van der Waals surface area contributed by atoms with E-state index in [0.29, 0.717) is 50.1 Å². The molecule has 0 aromatic heterocycles. The summed E-state index contributed by atoms with van der Waals surface area (Å²) in [5, 5.41) is 2.95. The van der Waals surface area contributed by atoms with Crippen LogP contribution in [0.15, 0.2) is 54.6 Å². The van der Waals surface area contributed by atoms with Crippen LogP contribution in [0.25, 0.3) is 0 Å². The highest BCUT2D eigenvalue weighted by atomic mass is 16.5. The Balaban J connectivity index is 1.54. The fourth-order valence-corrected chi connectivity index (χ4v) is 4.85. The third-order valence-electron chi connectivity index (χ3n) is 6.87. The molecule has 1 N–H and O–H groups in total. The van der Waals surface area contributed by atoms with Gasteiger partial charge in [0, 0.05) is 50.1 Å². The van der Waals surface area contributed by atoms with E-state index in [4.69, 9.17) is 4.74 Å². The summed E-state index contributed by atoms with van der Waals surface area (Å²) in [6.07, 6.45) is 0.898. The Morgan fingerprint density at radius 3 is 2.31 bits per heavy atom. The third kappa shape index (κ3) is 5.23. The van der Waals surface area contributed by atoms with Gasteiger partial charge in [0.2, 0.25) is 5.91 Å². The SMILES string of the molecule is Cc1ccccc1C(=O)N1CCC2(CC1)OCC(C(=O)NCCN(C)C)N2C(=O)c1ccccc1. The fraction of sp³-hybridized carbons (Fsp3) is 0.444. The average Bonchev–Trinajstić information content (AvgIpc) is 3.22. The third-order valence-corrected chi connectivity index (χ3v) is 6.87. The molecule has 1 atom stereocenters. The highest BCUT2D eigenvalue weighted by Crippen LogP contribution is 2.39. The maximum absolute atomic E-state index is 13.7. The molecule has 2 saturated heterocycles. The van der Waals surface area contributed by atoms with E-state index in [1.54, 1.807) is 17.0 Å². The zero-order chi connectivity index (χ0) is 25.0. The molecule has 0 saturated carbocycles. The Labute approximate surface area is 206 Å². The summed E-state index contributed by atoms with van der Waals surface area (Å²) in [5.74, 6) is -0.462. The van der Waals surface area contributed by atoms with E-state index in [2.05, 4.69) is 5.32 Å². The van der Waals surface area contributed by atoms with Crippen LogP contribution in [0, 0.1) is 6.92 Å². The van der Waals surface area contributed by atoms with Crippen molar-refractivity contribution in [3.05, 3.63) is 71.3 Å². The number of carbonyl (C=O) groups excluding carboxylic acids is 3. The number of carbonyl (C=O) groups is 3. The summed E-state index contributed by atoms with van der Waals surface area (Å²) >= 11 is 0. The molecule has 3 amide bonds. The number of nitrogens with zero attached hydrogens (tertiary/aromatic N) is 3. The molecule has 0 bridgehead atoms. The van der Waals surface area contributed by atoms with Gasteiger partial charge in [-0.15, -0.1) is 0 Å². The maximum atomic E-state index is 13.7. The molecule has 2 aromatic carbocycles. The largest absolute Gasteiger partial charge is 0.353 e. The molecule has 4 rings (SSSR count). The van der Waals surface area contributed by atoms with Crippen molar-refractivity contribution >= 4 is 17.7 Å². The van der Waals surface area contributed by atoms with Crippen molar-refractivity contribution in [1.29, 1.82) is 0 Å². The second-order valence-corrected chi connectivity index (χ2v) is 9.52. The van der Waals surface area contributed by atoms with Crippen LogP contribution in [-0.4, -0.2) is 91.1 Å². The number of nitrogens with one attached hydrogen (secondary N) is 1. The van der Waals surface area contributed by atoms with Gasteiger partial charge in [0.15, 0.2) is 0 Å². The number of amides is 3. The second kappa shape index (κ2) is 10.6. The summed E-state index contributed by atoms with van der Waals surface area (Å²) in [7, 11) is 3.88. The molecular weight excluding hydrogens is 444 g/mol. The Kier molecular flexibility index (Phi) is 7.52. The highest BCUT2D eigenvalue weighted by molar-refractivity contribution is 5.98. The van der Waals surface area contributed by atoms with E-state index in [1.165, 1.54) is 0 Å². The molecule has 2 aliphatic rings. The highest BCUT2D eigenvalue weighted by Gasteiger charge is 2.54. The van der Waals surface area contributed by atoms with Crippen molar-refractivity contribution in [3.8, 4) is 0 Å². The molecule has 2 heterocycles. The lowest BCUT2D eigenvalue weighted by Crippen LogP contribution is -2.60. The van der Waals surface area contributed by atoms with E-state index in [0.717, 1.165) is 5.56 Å². The molecule has 0 radical (unpaired) electrons. The van der Waals surface area contributed by atoms with Gasteiger partial charge in [-0.05, 0) is 44.8 Å². The summed E-state index contributed by atoms with van der Waals surface area (Å²) in [4.78, 5) is 45.4.